The second kappa shape index (κ2) is 11.1. The molecule has 1 aliphatic heterocycles. The summed E-state index contributed by atoms with van der Waals surface area (Å²) in [5, 5.41) is 6.07. The number of amides is 1. The minimum atomic E-state index is -0.670. The lowest BCUT2D eigenvalue weighted by Crippen LogP contribution is -2.41. The van der Waals surface area contributed by atoms with Crippen molar-refractivity contribution in [3.05, 3.63) is 95.0 Å². The molecule has 1 amide bonds. The molecule has 4 N–H and O–H groups in total. The van der Waals surface area contributed by atoms with Crippen LogP contribution in [-0.4, -0.2) is 42.7 Å². The molecule has 0 spiro atoms. The van der Waals surface area contributed by atoms with Gasteiger partial charge in [-0.25, -0.2) is 4.79 Å². The number of ether oxygens (including phenoxy) is 1. The predicted octanol–water partition coefficient (Wildman–Crippen LogP) is 5.90. The van der Waals surface area contributed by atoms with Crippen molar-refractivity contribution >= 4 is 42.3 Å². The van der Waals surface area contributed by atoms with Gasteiger partial charge in [0.2, 0.25) is 0 Å². The highest BCUT2D eigenvalue weighted by molar-refractivity contribution is 7.80. The Bertz CT molecular complexity index is 1410. The van der Waals surface area contributed by atoms with E-state index in [1.54, 1.807) is 0 Å². The number of carbonyl (C=O) groups is 1. The highest BCUT2D eigenvalue weighted by atomic mass is 32.1. The van der Waals surface area contributed by atoms with Crippen molar-refractivity contribution < 1.29 is 18.8 Å². The van der Waals surface area contributed by atoms with E-state index in [0.29, 0.717) is 0 Å². The van der Waals surface area contributed by atoms with Gasteiger partial charge in [-0.05, 0) is 79.3 Å². The third kappa shape index (κ3) is 5.63. The van der Waals surface area contributed by atoms with Crippen molar-refractivity contribution in [3.8, 4) is 11.1 Å². The zero-order chi connectivity index (χ0) is 28.5. The number of rotatable bonds is 7. The van der Waals surface area contributed by atoms with Gasteiger partial charge in [0, 0.05) is 18.2 Å². The van der Waals surface area contributed by atoms with Crippen LogP contribution in [-0.2, 0) is 14.0 Å². The van der Waals surface area contributed by atoms with Gasteiger partial charge < -0.3 is 30.4 Å². The van der Waals surface area contributed by atoms with Crippen molar-refractivity contribution in [1.82, 2.24) is 5.32 Å². The number of para-hydroxylation sites is 1. The number of hydrogen-bond donors (Lipinski definition) is 3. The van der Waals surface area contributed by atoms with Crippen LogP contribution in [0, 0.1) is 0 Å². The molecule has 3 aromatic rings. The summed E-state index contributed by atoms with van der Waals surface area (Å²) in [6.07, 6.45) is 1.41. The van der Waals surface area contributed by atoms with Gasteiger partial charge in [-0.15, -0.1) is 0 Å². The average molecular weight is 556 g/mol. The minimum absolute atomic E-state index is 0.0192. The van der Waals surface area contributed by atoms with Gasteiger partial charge in [0.15, 0.2) is 5.11 Å². The highest BCUT2D eigenvalue weighted by Crippen LogP contribution is 2.44. The predicted molar refractivity (Wildman–Crippen MR) is 164 cm³/mol. The summed E-state index contributed by atoms with van der Waals surface area (Å²) in [5.74, 6) is -0.0192. The summed E-state index contributed by atoms with van der Waals surface area (Å²) >= 11 is 5.05. The molecule has 0 saturated carbocycles. The molecule has 1 saturated heterocycles. The monoisotopic (exact) mass is 555 g/mol. The molecule has 0 bridgehead atoms. The lowest BCUT2D eigenvalue weighted by atomic mass is 9.77. The first-order valence-corrected chi connectivity index (χ1v) is 13.8. The van der Waals surface area contributed by atoms with E-state index in [0.717, 1.165) is 27.9 Å². The first kappa shape index (κ1) is 27.9. The average Bonchev–Trinajstić information content (AvgIpc) is 3.34. The molecule has 9 heteroatoms. The molecule has 2 aliphatic rings. The molecule has 7 nitrogen and oxygen atoms in total. The fraction of sp³-hybridized carbons (Fsp3) is 0.290. The molecule has 0 unspecified atom stereocenters. The summed E-state index contributed by atoms with van der Waals surface area (Å²) < 4.78 is 18.4. The molecule has 0 aromatic heterocycles. The molecular weight excluding hydrogens is 521 g/mol. The number of anilines is 1. The van der Waals surface area contributed by atoms with Gasteiger partial charge in [-0.1, -0.05) is 72.8 Å². The zero-order valence-corrected chi connectivity index (χ0v) is 24.0. The van der Waals surface area contributed by atoms with E-state index in [9.17, 15) is 4.79 Å². The number of nitrogens with one attached hydrogen (secondary N) is 2. The van der Waals surface area contributed by atoms with Gasteiger partial charge in [-0.3, -0.25) is 0 Å². The smallest absolute Gasteiger partial charge is 0.449 e. The summed E-state index contributed by atoms with van der Waals surface area (Å²) in [6, 6.07) is 24.1. The molecule has 5 rings (SSSR count). The van der Waals surface area contributed by atoms with E-state index in [1.165, 1.54) is 11.1 Å². The van der Waals surface area contributed by atoms with Crippen LogP contribution in [0.25, 0.3) is 17.2 Å². The van der Waals surface area contributed by atoms with Crippen LogP contribution < -0.4 is 16.4 Å². The van der Waals surface area contributed by atoms with E-state index >= 15 is 0 Å². The summed E-state index contributed by atoms with van der Waals surface area (Å²) in [6.45, 7) is 8.36. The van der Waals surface area contributed by atoms with E-state index in [-0.39, 0.29) is 24.2 Å². The fourth-order valence-corrected chi connectivity index (χ4v) is 5.20. The van der Waals surface area contributed by atoms with Crippen LogP contribution in [0.2, 0.25) is 0 Å². The number of hydrogen-bond acceptors (Lipinski definition) is 5. The lowest BCUT2D eigenvalue weighted by Gasteiger charge is -2.32. The zero-order valence-electron chi connectivity index (χ0n) is 23.2. The van der Waals surface area contributed by atoms with Crippen LogP contribution in [0.1, 0.15) is 50.3 Å². The Morgan fingerprint density at radius 1 is 0.950 bits per heavy atom. The first-order valence-electron chi connectivity index (χ1n) is 13.4. The summed E-state index contributed by atoms with van der Waals surface area (Å²) in [5.41, 5.74) is 11.6. The first-order chi connectivity index (χ1) is 19.1. The maximum atomic E-state index is 13.0. The number of alkyl carbamates (subject to hydrolysis) is 1. The quantitative estimate of drug-likeness (QED) is 0.247. The molecule has 1 heterocycles. The van der Waals surface area contributed by atoms with Crippen LogP contribution >= 0.6 is 12.2 Å². The van der Waals surface area contributed by atoms with Crippen molar-refractivity contribution in [2.45, 2.75) is 44.8 Å². The Labute approximate surface area is 241 Å². The third-order valence-electron chi connectivity index (χ3n) is 7.90. The van der Waals surface area contributed by atoms with E-state index in [2.05, 4.69) is 34.9 Å². The Kier molecular flexibility index (Phi) is 7.73. The number of nitrogens with two attached hydrogens (primary N) is 1. The van der Waals surface area contributed by atoms with Gasteiger partial charge in [-0.2, -0.15) is 0 Å². The Morgan fingerprint density at radius 2 is 1.50 bits per heavy atom. The van der Waals surface area contributed by atoms with Crippen LogP contribution in [0.5, 0.6) is 0 Å². The fourth-order valence-electron chi connectivity index (χ4n) is 5.09. The minimum Gasteiger partial charge on any atom is -0.449 e. The van der Waals surface area contributed by atoms with Crippen molar-refractivity contribution in [1.29, 1.82) is 0 Å². The maximum Gasteiger partial charge on any atom is 0.492 e. The van der Waals surface area contributed by atoms with Gasteiger partial charge in [0.05, 0.1) is 11.2 Å². The van der Waals surface area contributed by atoms with Crippen LogP contribution in [0.4, 0.5) is 10.5 Å². The SMILES string of the molecule is CC1(C)OB(C(=Cc2ccccc2NC(N)=S)CNC(=O)OCC2c3ccccc3-c3ccccc32)OC1(C)C. The van der Waals surface area contributed by atoms with Gasteiger partial charge in [0.1, 0.15) is 6.61 Å². The summed E-state index contributed by atoms with van der Waals surface area (Å²) in [7, 11) is -0.670. The lowest BCUT2D eigenvalue weighted by molar-refractivity contribution is 0.00578. The third-order valence-corrected chi connectivity index (χ3v) is 8.00. The number of carbonyl (C=O) groups excluding carboxylic acids is 1. The molecule has 0 atom stereocenters. The van der Waals surface area contributed by atoms with E-state index in [4.69, 9.17) is 32.0 Å². The van der Waals surface area contributed by atoms with Crippen LogP contribution in [0.15, 0.2) is 78.3 Å². The summed E-state index contributed by atoms with van der Waals surface area (Å²) in [4.78, 5) is 13.0. The maximum absolute atomic E-state index is 13.0. The Morgan fingerprint density at radius 3 is 2.10 bits per heavy atom. The molecular formula is C31H34BN3O4S. The second-order valence-corrected chi connectivity index (χ2v) is 11.5. The van der Waals surface area contributed by atoms with E-state index in [1.807, 2.05) is 82.3 Å². The number of thiocarbonyl (C=S) groups is 1. The highest BCUT2D eigenvalue weighted by Gasteiger charge is 2.52. The molecule has 206 valence electrons. The second-order valence-electron chi connectivity index (χ2n) is 11.1. The van der Waals surface area contributed by atoms with Crippen molar-refractivity contribution in [2.24, 2.45) is 5.73 Å². The molecule has 40 heavy (non-hydrogen) atoms. The molecule has 1 fully saturated rings. The van der Waals surface area contributed by atoms with Crippen molar-refractivity contribution in [3.63, 3.8) is 0 Å². The largest absolute Gasteiger partial charge is 0.492 e. The topological polar surface area (TPSA) is 94.8 Å². The Hall–Kier alpha value is -3.66. The Balaban J connectivity index is 1.33. The molecule has 3 aromatic carbocycles. The van der Waals surface area contributed by atoms with E-state index < -0.39 is 24.4 Å². The molecule has 0 radical (unpaired) electrons. The van der Waals surface area contributed by atoms with Crippen LogP contribution in [0.3, 0.4) is 0 Å². The normalized spacial score (nSPS) is 17.2. The van der Waals surface area contributed by atoms with Gasteiger partial charge >= 0.3 is 13.2 Å². The van der Waals surface area contributed by atoms with Gasteiger partial charge in [0.25, 0.3) is 0 Å². The molecule has 1 aliphatic carbocycles. The van der Waals surface area contributed by atoms with Crippen molar-refractivity contribution in [2.75, 3.05) is 18.5 Å². The number of fused-ring (bicyclic) bond motifs is 3. The standard InChI is InChI=1S/C31H34BN3O4S/c1-30(2)31(3,4)39-32(38-30)21(17-20-11-5-10-16-27(20)35-28(33)40)18-34-29(36)37-19-26-24-14-8-6-12-22(24)23-13-7-9-15-25(23)26/h5-17,26H,18-19H2,1-4H3,(H,34,36)(H3,33,35,40). The number of benzene rings is 3.